The van der Waals surface area contributed by atoms with Crippen LogP contribution in [0.2, 0.25) is 0 Å². The molecule has 2 aliphatic rings. The van der Waals surface area contributed by atoms with Crippen LogP contribution in [0.25, 0.3) is 12.5 Å². The number of ether oxygens (including phenoxy) is 1. The Morgan fingerprint density at radius 3 is 3.42 bits per heavy atom. The molecule has 0 fully saturated rings. The molecule has 0 atom stereocenters. The van der Waals surface area contributed by atoms with Crippen LogP contribution in [0, 0.1) is 0 Å². The maximum absolute atomic E-state index is 5.12. The molecule has 0 amide bonds. The molecule has 2 aliphatic heterocycles. The molecule has 3 heterocycles. The molecule has 4 heteroatoms. The highest BCUT2D eigenvalue weighted by Crippen LogP contribution is 2.07. The lowest BCUT2D eigenvalue weighted by Gasteiger charge is -1.91. The monoisotopic (exact) mass is 159 g/mol. The van der Waals surface area contributed by atoms with E-state index in [0.717, 1.165) is 16.1 Å². The van der Waals surface area contributed by atoms with Crippen LogP contribution < -0.4 is 10.6 Å². The number of pyridine rings is 1. The molecule has 12 heavy (non-hydrogen) atoms. The maximum Gasteiger partial charge on any atom is 0.184 e. The van der Waals surface area contributed by atoms with Crippen molar-refractivity contribution < 1.29 is 4.74 Å². The van der Waals surface area contributed by atoms with Crippen molar-refractivity contribution in [3.05, 3.63) is 22.2 Å². The fraction of sp³-hybridized carbons (Fsp3) is 0.125. The third-order valence-electron chi connectivity index (χ3n) is 1.93. The molecule has 3 rings (SSSR count). The van der Waals surface area contributed by atoms with Gasteiger partial charge in [0, 0.05) is 10.8 Å². The fourth-order valence-electron chi connectivity index (χ4n) is 1.33. The summed E-state index contributed by atoms with van der Waals surface area (Å²) in [6.07, 6.45) is 3.37. The van der Waals surface area contributed by atoms with E-state index in [1.807, 2.05) is 6.07 Å². The summed E-state index contributed by atoms with van der Waals surface area (Å²) in [5.74, 6) is 0.690. The Labute approximate surface area is 67.9 Å². The van der Waals surface area contributed by atoms with Crippen LogP contribution in [0.3, 0.4) is 0 Å². The second kappa shape index (κ2) is 1.91. The van der Waals surface area contributed by atoms with E-state index in [1.165, 1.54) is 0 Å². The quantitative estimate of drug-likeness (QED) is 0.542. The topological polar surface area (TPSA) is 46.8 Å². The van der Waals surface area contributed by atoms with Gasteiger partial charge in [-0.15, -0.1) is 5.11 Å². The van der Waals surface area contributed by atoms with Gasteiger partial charge in [-0.1, -0.05) is 0 Å². The van der Waals surface area contributed by atoms with E-state index in [2.05, 4.69) is 15.2 Å². The number of azo groups is 1. The zero-order chi connectivity index (χ0) is 7.97. The summed E-state index contributed by atoms with van der Waals surface area (Å²) in [4.78, 5) is 4.26. The van der Waals surface area contributed by atoms with Gasteiger partial charge in [-0.25, -0.2) is 4.98 Å². The van der Waals surface area contributed by atoms with Crippen molar-refractivity contribution in [1.82, 2.24) is 4.98 Å². The van der Waals surface area contributed by atoms with Crippen molar-refractivity contribution in [2.45, 2.75) is 6.61 Å². The van der Waals surface area contributed by atoms with Gasteiger partial charge < -0.3 is 4.74 Å². The molecule has 0 saturated carbocycles. The van der Waals surface area contributed by atoms with Gasteiger partial charge in [-0.3, -0.25) is 0 Å². The molecular formula is C8H5N3O. The summed E-state index contributed by atoms with van der Waals surface area (Å²) in [7, 11) is 0. The van der Waals surface area contributed by atoms with E-state index >= 15 is 0 Å². The van der Waals surface area contributed by atoms with Gasteiger partial charge in [0.2, 0.25) is 0 Å². The van der Waals surface area contributed by atoms with Crippen molar-refractivity contribution in [1.29, 1.82) is 0 Å². The molecule has 0 aromatic carbocycles. The lowest BCUT2D eigenvalue weighted by molar-refractivity contribution is 0.297. The Kier molecular flexibility index (Phi) is 0.935. The minimum Gasteiger partial charge on any atom is -0.494 e. The third-order valence-corrected chi connectivity index (χ3v) is 1.93. The third kappa shape index (κ3) is 0.637. The second-order valence-corrected chi connectivity index (χ2v) is 2.72. The van der Waals surface area contributed by atoms with Gasteiger partial charge in [0.15, 0.2) is 5.82 Å². The van der Waals surface area contributed by atoms with Crippen molar-refractivity contribution >= 4 is 18.3 Å². The van der Waals surface area contributed by atoms with E-state index in [0.29, 0.717) is 12.4 Å². The van der Waals surface area contributed by atoms with Crippen LogP contribution in [0.15, 0.2) is 16.3 Å². The molecule has 58 valence electrons. The summed E-state index contributed by atoms with van der Waals surface area (Å²) in [5, 5.41) is 9.49. The molecule has 4 nitrogen and oxygen atoms in total. The number of rotatable bonds is 0. The van der Waals surface area contributed by atoms with Crippen molar-refractivity contribution in [3.63, 3.8) is 0 Å². The van der Waals surface area contributed by atoms with Crippen molar-refractivity contribution in [2.75, 3.05) is 0 Å². The maximum atomic E-state index is 5.12. The lowest BCUT2D eigenvalue weighted by atomic mass is 10.2. The van der Waals surface area contributed by atoms with E-state index in [9.17, 15) is 0 Å². The smallest absolute Gasteiger partial charge is 0.184 e. The molecule has 0 saturated heterocycles. The van der Waals surface area contributed by atoms with Crippen LogP contribution in [0.1, 0.15) is 5.56 Å². The fourth-order valence-corrected chi connectivity index (χ4v) is 1.33. The van der Waals surface area contributed by atoms with Crippen molar-refractivity contribution in [2.24, 2.45) is 10.2 Å². The Morgan fingerprint density at radius 2 is 2.42 bits per heavy atom. The van der Waals surface area contributed by atoms with Crippen LogP contribution >= 0.6 is 0 Å². The summed E-state index contributed by atoms with van der Waals surface area (Å²) < 4.78 is 5.12. The minimum absolute atomic E-state index is 0.615. The van der Waals surface area contributed by atoms with Gasteiger partial charge >= 0.3 is 0 Å². The molecular weight excluding hydrogens is 154 g/mol. The average molecular weight is 159 g/mol. The Morgan fingerprint density at radius 1 is 1.42 bits per heavy atom. The van der Waals surface area contributed by atoms with Gasteiger partial charge in [0.05, 0.1) is 6.20 Å². The molecule has 0 unspecified atom stereocenters. The summed E-state index contributed by atoms with van der Waals surface area (Å²) >= 11 is 0. The number of hydrogen-bond acceptors (Lipinski definition) is 4. The van der Waals surface area contributed by atoms with Crippen LogP contribution in [0.4, 0.5) is 5.82 Å². The SMILES string of the molecule is C1=c2cc3c(nc2N=N1)=COC3. The van der Waals surface area contributed by atoms with E-state index in [1.54, 1.807) is 12.5 Å². The Balaban J connectivity index is 2.45. The van der Waals surface area contributed by atoms with Crippen LogP contribution in [0.5, 0.6) is 0 Å². The molecule has 1 aromatic rings. The van der Waals surface area contributed by atoms with Crippen LogP contribution in [-0.2, 0) is 11.3 Å². The highest BCUT2D eigenvalue weighted by molar-refractivity contribution is 5.44. The largest absolute Gasteiger partial charge is 0.494 e. The minimum atomic E-state index is 0.615. The van der Waals surface area contributed by atoms with Gasteiger partial charge in [0.1, 0.15) is 18.2 Å². The summed E-state index contributed by atoms with van der Waals surface area (Å²) in [6, 6.07) is 2.02. The first kappa shape index (κ1) is 5.88. The molecule has 0 bridgehead atoms. The first-order chi connectivity index (χ1) is 5.93. The molecule has 0 N–H and O–H groups in total. The first-order valence-corrected chi connectivity index (χ1v) is 3.66. The normalized spacial score (nSPS) is 16.0. The number of nitrogens with zero attached hydrogens (tertiary/aromatic N) is 3. The standard InChI is InChI=1S/C8H5N3O/c1-5-2-9-11-8(5)10-7-4-12-3-6(1)7/h1-2,4H,3H2. The van der Waals surface area contributed by atoms with Gasteiger partial charge in [0.25, 0.3) is 0 Å². The van der Waals surface area contributed by atoms with E-state index in [4.69, 9.17) is 4.74 Å². The Bertz CT molecular complexity index is 490. The highest BCUT2D eigenvalue weighted by Gasteiger charge is 2.09. The number of hydrogen-bond donors (Lipinski definition) is 0. The predicted molar refractivity (Wildman–Crippen MR) is 41.7 cm³/mol. The second-order valence-electron chi connectivity index (χ2n) is 2.72. The first-order valence-electron chi connectivity index (χ1n) is 3.66. The molecule has 0 aliphatic carbocycles. The zero-order valence-corrected chi connectivity index (χ0v) is 6.19. The average Bonchev–Trinajstić information content (AvgIpc) is 2.64. The predicted octanol–water partition coefficient (Wildman–Crippen LogP) is 0.185. The van der Waals surface area contributed by atoms with Crippen LogP contribution in [-0.4, -0.2) is 4.98 Å². The lowest BCUT2D eigenvalue weighted by Crippen LogP contribution is -2.15. The zero-order valence-electron chi connectivity index (χ0n) is 6.19. The van der Waals surface area contributed by atoms with Crippen molar-refractivity contribution in [3.8, 4) is 0 Å². The number of fused-ring (bicyclic) bond motifs is 2. The summed E-state index contributed by atoms with van der Waals surface area (Å²) in [5.41, 5.74) is 1.11. The van der Waals surface area contributed by atoms with E-state index < -0.39 is 0 Å². The molecule has 1 aromatic heterocycles. The van der Waals surface area contributed by atoms with E-state index in [-0.39, 0.29) is 0 Å². The molecule has 0 radical (unpaired) electrons. The summed E-state index contributed by atoms with van der Waals surface area (Å²) in [6.45, 7) is 0.615. The van der Waals surface area contributed by atoms with Gasteiger partial charge in [-0.05, 0) is 6.07 Å². The molecule has 0 spiro atoms. The Hall–Kier alpha value is -1.71. The highest BCUT2D eigenvalue weighted by atomic mass is 16.5. The van der Waals surface area contributed by atoms with Gasteiger partial charge in [-0.2, -0.15) is 5.11 Å². The number of aromatic nitrogens is 1.